The van der Waals surface area contributed by atoms with Crippen LogP contribution < -0.4 is 11.1 Å². The lowest BCUT2D eigenvalue weighted by molar-refractivity contribution is -0.122. The largest absolute Gasteiger partial charge is 0.353 e. The van der Waals surface area contributed by atoms with Gasteiger partial charge in [0.15, 0.2) is 0 Å². The highest BCUT2D eigenvalue weighted by Gasteiger charge is 2.47. The number of hydrogen-bond acceptors (Lipinski definition) is 2. The highest BCUT2D eigenvalue weighted by atomic mass is 16.1. The average Bonchev–Trinajstić information content (AvgIpc) is 2.54. The van der Waals surface area contributed by atoms with Gasteiger partial charge in [0.25, 0.3) is 0 Å². The van der Waals surface area contributed by atoms with Gasteiger partial charge in [-0.15, -0.1) is 0 Å². The van der Waals surface area contributed by atoms with Crippen LogP contribution in [0.5, 0.6) is 0 Å². The Morgan fingerprint density at radius 3 is 2.40 bits per heavy atom. The van der Waals surface area contributed by atoms with E-state index in [-0.39, 0.29) is 11.4 Å². The van der Waals surface area contributed by atoms with Crippen molar-refractivity contribution < 1.29 is 4.79 Å². The molecule has 0 aromatic heterocycles. The molecular formula is C12H22N2O. The molecule has 2 rings (SSSR count). The van der Waals surface area contributed by atoms with E-state index in [1.807, 2.05) is 0 Å². The predicted octanol–water partition coefficient (Wildman–Crippen LogP) is 1.56. The summed E-state index contributed by atoms with van der Waals surface area (Å²) in [6.45, 7) is 4.37. The standard InChI is InChI=1S/C12H22N2O/c1-11(2)7-9(11)14-10(15)8-12(13)5-3-4-6-12/h9H,3-8,13H2,1-2H3,(H,14,15). The maximum absolute atomic E-state index is 11.8. The maximum atomic E-state index is 11.8. The maximum Gasteiger partial charge on any atom is 0.222 e. The zero-order valence-corrected chi connectivity index (χ0v) is 9.81. The monoisotopic (exact) mass is 210 g/mol. The van der Waals surface area contributed by atoms with Crippen LogP contribution in [0.3, 0.4) is 0 Å². The van der Waals surface area contributed by atoms with Gasteiger partial charge in [-0.2, -0.15) is 0 Å². The minimum atomic E-state index is -0.205. The van der Waals surface area contributed by atoms with Crippen LogP contribution in [0.25, 0.3) is 0 Å². The van der Waals surface area contributed by atoms with Gasteiger partial charge in [0, 0.05) is 18.0 Å². The molecule has 0 aliphatic heterocycles. The molecule has 1 unspecified atom stereocenters. The van der Waals surface area contributed by atoms with E-state index in [0.29, 0.717) is 17.9 Å². The quantitative estimate of drug-likeness (QED) is 0.742. The summed E-state index contributed by atoms with van der Waals surface area (Å²) in [6, 6.07) is 0.384. The van der Waals surface area contributed by atoms with Crippen LogP contribution in [0.15, 0.2) is 0 Å². The van der Waals surface area contributed by atoms with Gasteiger partial charge < -0.3 is 11.1 Å². The Kier molecular flexibility index (Phi) is 2.53. The van der Waals surface area contributed by atoms with E-state index in [4.69, 9.17) is 5.73 Å². The molecule has 1 amide bonds. The summed E-state index contributed by atoms with van der Waals surface area (Å²) in [6.07, 6.45) is 6.00. The lowest BCUT2D eigenvalue weighted by Crippen LogP contribution is -2.43. The van der Waals surface area contributed by atoms with Crippen LogP contribution >= 0.6 is 0 Å². The second-order valence-electron chi connectivity index (χ2n) is 6.06. The molecule has 3 heteroatoms. The first-order chi connectivity index (χ1) is 6.91. The zero-order chi connectivity index (χ0) is 11.1. The van der Waals surface area contributed by atoms with Crippen molar-refractivity contribution in [3.8, 4) is 0 Å². The summed E-state index contributed by atoms with van der Waals surface area (Å²) in [5.41, 5.74) is 6.27. The lowest BCUT2D eigenvalue weighted by Gasteiger charge is -2.22. The van der Waals surface area contributed by atoms with E-state index < -0.39 is 0 Å². The van der Waals surface area contributed by atoms with Crippen molar-refractivity contribution in [2.75, 3.05) is 0 Å². The number of carbonyl (C=O) groups is 1. The number of nitrogens with one attached hydrogen (secondary N) is 1. The smallest absolute Gasteiger partial charge is 0.222 e. The SMILES string of the molecule is CC1(C)CC1NC(=O)CC1(N)CCCC1. The van der Waals surface area contributed by atoms with Crippen LogP contribution in [0.4, 0.5) is 0 Å². The van der Waals surface area contributed by atoms with Crippen LogP contribution in [0.2, 0.25) is 0 Å². The Balaban J connectivity index is 1.78. The van der Waals surface area contributed by atoms with Crippen molar-refractivity contribution in [2.45, 2.75) is 64.0 Å². The molecule has 3 N–H and O–H groups in total. The topological polar surface area (TPSA) is 55.1 Å². The second kappa shape index (κ2) is 3.48. The molecule has 0 spiro atoms. The van der Waals surface area contributed by atoms with E-state index in [0.717, 1.165) is 19.3 Å². The van der Waals surface area contributed by atoms with E-state index in [1.165, 1.54) is 12.8 Å². The molecule has 15 heavy (non-hydrogen) atoms. The highest BCUT2D eigenvalue weighted by molar-refractivity contribution is 5.78. The Labute approximate surface area is 91.8 Å². The number of nitrogens with two attached hydrogens (primary N) is 1. The van der Waals surface area contributed by atoms with E-state index in [2.05, 4.69) is 19.2 Å². The third-order valence-electron chi connectivity index (χ3n) is 3.96. The fourth-order valence-electron chi connectivity index (χ4n) is 2.53. The van der Waals surface area contributed by atoms with E-state index >= 15 is 0 Å². The first-order valence-corrected chi connectivity index (χ1v) is 6.00. The third kappa shape index (κ3) is 2.51. The Bertz CT molecular complexity index is 267. The normalized spacial score (nSPS) is 31.3. The van der Waals surface area contributed by atoms with Crippen molar-refractivity contribution in [1.82, 2.24) is 5.32 Å². The highest BCUT2D eigenvalue weighted by Crippen LogP contribution is 2.44. The first kappa shape index (κ1) is 10.9. The molecule has 1 atom stereocenters. The molecule has 0 aromatic rings. The van der Waals surface area contributed by atoms with Gasteiger partial charge in [0.05, 0.1) is 0 Å². The van der Waals surface area contributed by atoms with E-state index in [1.54, 1.807) is 0 Å². The Morgan fingerprint density at radius 2 is 1.93 bits per heavy atom. The van der Waals surface area contributed by atoms with Crippen molar-refractivity contribution in [3.05, 3.63) is 0 Å². The molecule has 2 aliphatic rings. The molecule has 0 saturated heterocycles. The van der Waals surface area contributed by atoms with Gasteiger partial charge >= 0.3 is 0 Å². The Hall–Kier alpha value is -0.570. The van der Waals surface area contributed by atoms with Gasteiger partial charge in [-0.05, 0) is 24.7 Å². The third-order valence-corrected chi connectivity index (χ3v) is 3.96. The summed E-state index contributed by atoms with van der Waals surface area (Å²) in [5.74, 6) is 0.148. The number of amides is 1. The molecular weight excluding hydrogens is 188 g/mol. The molecule has 0 radical (unpaired) electrons. The number of hydrogen-bond donors (Lipinski definition) is 2. The summed E-state index contributed by atoms with van der Waals surface area (Å²) in [5, 5.41) is 3.08. The van der Waals surface area contributed by atoms with Gasteiger partial charge in [-0.1, -0.05) is 26.7 Å². The number of carbonyl (C=O) groups excluding carboxylic acids is 1. The second-order valence-corrected chi connectivity index (χ2v) is 6.06. The molecule has 0 heterocycles. The molecule has 3 nitrogen and oxygen atoms in total. The predicted molar refractivity (Wildman–Crippen MR) is 60.3 cm³/mol. The fourth-order valence-corrected chi connectivity index (χ4v) is 2.53. The summed E-state index contributed by atoms with van der Waals surface area (Å²) in [4.78, 5) is 11.8. The van der Waals surface area contributed by atoms with Crippen LogP contribution in [0.1, 0.15) is 52.4 Å². The minimum Gasteiger partial charge on any atom is -0.353 e. The molecule has 0 bridgehead atoms. The summed E-state index contributed by atoms with van der Waals surface area (Å²) >= 11 is 0. The minimum absolute atomic E-state index is 0.148. The van der Waals surface area contributed by atoms with Gasteiger partial charge in [-0.25, -0.2) is 0 Å². The van der Waals surface area contributed by atoms with Gasteiger partial charge in [0.2, 0.25) is 5.91 Å². The van der Waals surface area contributed by atoms with Crippen molar-refractivity contribution in [1.29, 1.82) is 0 Å². The molecule has 86 valence electrons. The fraction of sp³-hybridized carbons (Fsp3) is 0.917. The number of rotatable bonds is 3. The summed E-state index contributed by atoms with van der Waals surface area (Å²) in [7, 11) is 0. The van der Waals surface area contributed by atoms with Crippen molar-refractivity contribution in [3.63, 3.8) is 0 Å². The molecule has 2 fully saturated rings. The van der Waals surface area contributed by atoms with Gasteiger partial charge in [0.1, 0.15) is 0 Å². The Morgan fingerprint density at radius 1 is 1.40 bits per heavy atom. The van der Waals surface area contributed by atoms with Crippen LogP contribution in [-0.2, 0) is 4.79 Å². The lowest BCUT2D eigenvalue weighted by atomic mass is 9.94. The molecule has 2 aliphatic carbocycles. The van der Waals surface area contributed by atoms with E-state index in [9.17, 15) is 4.79 Å². The first-order valence-electron chi connectivity index (χ1n) is 6.00. The zero-order valence-electron chi connectivity index (χ0n) is 9.81. The van der Waals surface area contributed by atoms with Crippen molar-refractivity contribution >= 4 is 5.91 Å². The molecule has 2 saturated carbocycles. The molecule has 0 aromatic carbocycles. The van der Waals surface area contributed by atoms with Crippen molar-refractivity contribution in [2.24, 2.45) is 11.1 Å². The summed E-state index contributed by atoms with van der Waals surface area (Å²) < 4.78 is 0. The van der Waals surface area contributed by atoms with Crippen LogP contribution in [-0.4, -0.2) is 17.5 Å². The average molecular weight is 210 g/mol. The van der Waals surface area contributed by atoms with Crippen LogP contribution in [0, 0.1) is 5.41 Å². The van der Waals surface area contributed by atoms with Gasteiger partial charge in [-0.3, -0.25) is 4.79 Å².